The van der Waals surface area contributed by atoms with Crippen molar-refractivity contribution in [3.05, 3.63) is 35.2 Å². The highest BCUT2D eigenvalue weighted by atomic mass is 16.5. The molecule has 0 amide bonds. The number of oxime groups is 1. The first-order valence-electron chi connectivity index (χ1n) is 5.25. The van der Waals surface area contributed by atoms with Gasteiger partial charge < -0.3 is 15.7 Å². The number of nitrogens with zero attached hydrogens (tertiary/aromatic N) is 3. The number of aromatic amines is 1. The molecule has 2 rings (SSSR count). The Bertz CT molecular complexity index is 591. The molecule has 7 nitrogen and oxygen atoms in total. The smallest absolute Gasteiger partial charge is 0.240 e. The molecule has 0 bridgehead atoms. The van der Waals surface area contributed by atoms with Gasteiger partial charge in [-0.1, -0.05) is 5.16 Å². The molecule has 0 aliphatic rings. The number of pyridine rings is 1. The zero-order valence-corrected chi connectivity index (χ0v) is 10.0. The summed E-state index contributed by atoms with van der Waals surface area (Å²) in [6.45, 7) is 3.65. The number of H-pyrrole nitrogens is 1. The van der Waals surface area contributed by atoms with Crippen molar-refractivity contribution in [3.8, 4) is 11.8 Å². The largest absolute Gasteiger partial charge is 0.419 e. The summed E-state index contributed by atoms with van der Waals surface area (Å²) in [5, 5.41) is 18.3. The van der Waals surface area contributed by atoms with Crippen LogP contribution in [-0.4, -0.2) is 26.2 Å². The van der Waals surface area contributed by atoms with Crippen molar-refractivity contribution in [1.29, 1.82) is 0 Å². The normalized spacial score (nSPS) is 11.6. The average Bonchev–Trinajstić information content (AvgIpc) is 2.73. The summed E-state index contributed by atoms with van der Waals surface area (Å²) in [5.74, 6) is 0.753. The summed E-state index contributed by atoms with van der Waals surface area (Å²) in [6, 6.07) is 5.01. The van der Waals surface area contributed by atoms with Crippen LogP contribution in [0.5, 0.6) is 11.8 Å². The third-order valence-corrected chi connectivity index (χ3v) is 2.22. The Morgan fingerprint density at radius 1 is 1.33 bits per heavy atom. The second-order valence-corrected chi connectivity index (χ2v) is 3.81. The lowest BCUT2D eigenvalue weighted by molar-refractivity contribution is 0.318. The molecule has 94 valence electrons. The molecule has 2 aromatic heterocycles. The number of hydrogen-bond donors (Lipinski definition) is 3. The monoisotopic (exact) mass is 247 g/mol. The fourth-order valence-corrected chi connectivity index (χ4v) is 1.45. The zero-order chi connectivity index (χ0) is 13.1. The van der Waals surface area contributed by atoms with E-state index in [4.69, 9.17) is 15.7 Å². The van der Waals surface area contributed by atoms with Crippen molar-refractivity contribution in [2.45, 2.75) is 13.8 Å². The number of amidine groups is 1. The highest BCUT2D eigenvalue weighted by Gasteiger charge is 2.07. The Hall–Kier alpha value is -2.57. The van der Waals surface area contributed by atoms with Crippen molar-refractivity contribution in [1.82, 2.24) is 15.2 Å². The van der Waals surface area contributed by atoms with E-state index < -0.39 is 0 Å². The molecule has 0 saturated carbocycles. The minimum Gasteiger partial charge on any atom is -0.419 e. The van der Waals surface area contributed by atoms with E-state index >= 15 is 0 Å². The lowest BCUT2D eigenvalue weighted by Gasteiger charge is -2.05. The quantitative estimate of drug-likeness (QED) is 0.328. The van der Waals surface area contributed by atoms with Gasteiger partial charge in [-0.25, -0.2) is 4.98 Å². The van der Waals surface area contributed by atoms with Gasteiger partial charge in [-0.15, -0.1) is 5.10 Å². The summed E-state index contributed by atoms with van der Waals surface area (Å²) in [6.07, 6.45) is 0. The molecular formula is C11H13N5O2. The summed E-state index contributed by atoms with van der Waals surface area (Å²) >= 11 is 0. The van der Waals surface area contributed by atoms with Crippen molar-refractivity contribution in [3.63, 3.8) is 0 Å². The van der Waals surface area contributed by atoms with Gasteiger partial charge in [0.05, 0.1) is 0 Å². The number of rotatable bonds is 3. The van der Waals surface area contributed by atoms with E-state index in [9.17, 15) is 0 Å². The van der Waals surface area contributed by atoms with Gasteiger partial charge in [0, 0.05) is 29.1 Å². The van der Waals surface area contributed by atoms with Gasteiger partial charge in [-0.05, 0) is 19.9 Å². The molecule has 0 unspecified atom stereocenters. The molecule has 0 fully saturated rings. The molecule has 2 aromatic rings. The highest BCUT2D eigenvalue weighted by Crippen LogP contribution is 2.19. The minimum atomic E-state index is 0.00329. The maximum Gasteiger partial charge on any atom is 0.240 e. The molecule has 0 atom stereocenters. The van der Waals surface area contributed by atoms with Gasteiger partial charge >= 0.3 is 0 Å². The standard InChI is InChI=1S/C11H13N5O2/c1-6-3-8(11(12)16-17)5-9(13-6)18-10-4-7(2)14-15-10/h3-5,17H,1-2H3,(H2,12,16)(H,14,15). The first-order valence-corrected chi connectivity index (χ1v) is 5.25. The van der Waals surface area contributed by atoms with Crippen LogP contribution in [0, 0.1) is 13.8 Å². The van der Waals surface area contributed by atoms with Crippen LogP contribution in [0.4, 0.5) is 0 Å². The fourth-order valence-electron chi connectivity index (χ4n) is 1.45. The Morgan fingerprint density at radius 2 is 2.11 bits per heavy atom. The third kappa shape index (κ3) is 2.57. The number of nitrogens with one attached hydrogen (secondary N) is 1. The summed E-state index contributed by atoms with van der Waals surface area (Å²) < 4.78 is 5.47. The molecule has 7 heteroatoms. The average molecular weight is 247 g/mol. The molecular weight excluding hydrogens is 234 g/mol. The second-order valence-electron chi connectivity index (χ2n) is 3.81. The predicted octanol–water partition coefficient (Wildman–Crippen LogP) is 1.31. The van der Waals surface area contributed by atoms with Crippen LogP contribution in [-0.2, 0) is 0 Å². The van der Waals surface area contributed by atoms with Crippen molar-refractivity contribution in [2.75, 3.05) is 0 Å². The van der Waals surface area contributed by atoms with Crippen LogP contribution in [0.15, 0.2) is 23.4 Å². The van der Waals surface area contributed by atoms with Gasteiger partial charge in [-0.2, -0.15) is 0 Å². The molecule has 4 N–H and O–H groups in total. The van der Waals surface area contributed by atoms with Crippen LogP contribution in [0.25, 0.3) is 0 Å². The summed E-state index contributed by atoms with van der Waals surface area (Å²) in [4.78, 5) is 4.19. The van der Waals surface area contributed by atoms with Gasteiger partial charge in [0.2, 0.25) is 11.8 Å². The molecule has 0 saturated heterocycles. The van der Waals surface area contributed by atoms with E-state index in [0.717, 1.165) is 5.69 Å². The molecule has 0 spiro atoms. The van der Waals surface area contributed by atoms with E-state index in [2.05, 4.69) is 20.3 Å². The number of aromatic nitrogens is 3. The van der Waals surface area contributed by atoms with Crippen LogP contribution in [0.3, 0.4) is 0 Å². The predicted molar refractivity (Wildman–Crippen MR) is 64.9 cm³/mol. The van der Waals surface area contributed by atoms with E-state index in [0.29, 0.717) is 23.0 Å². The van der Waals surface area contributed by atoms with Crippen molar-refractivity contribution >= 4 is 5.84 Å². The van der Waals surface area contributed by atoms with Crippen molar-refractivity contribution < 1.29 is 9.94 Å². The van der Waals surface area contributed by atoms with E-state index in [1.165, 1.54) is 0 Å². The van der Waals surface area contributed by atoms with Gasteiger partial charge in [0.15, 0.2) is 5.84 Å². The Balaban J connectivity index is 2.31. The molecule has 18 heavy (non-hydrogen) atoms. The van der Waals surface area contributed by atoms with E-state index in [1.807, 2.05) is 6.92 Å². The molecule has 0 aliphatic heterocycles. The topological polar surface area (TPSA) is 109 Å². The van der Waals surface area contributed by atoms with Crippen molar-refractivity contribution in [2.24, 2.45) is 10.9 Å². The first kappa shape index (κ1) is 11.9. The molecule has 2 heterocycles. The Morgan fingerprint density at radius 3 is 2.72 bits per heavy atom. The second kappa shape index (κ2) is 4.74. The Labute approximate surface area is 103 Å². The highest BCUT2D eigenvalue weighted by molar-refractivity contribution is 5.97. The van der Waals surface area contributed by atoms with E-state index in [1.54, 1.807) is 25.1 Å². The van der Waals surface area contributed by atoms with Gasteiger partial charge in [0.1, 0.15) is 0 Å². The molecule has 0 radical (unpaired) electrons. The lowest BCUT2D eigenvalue weighted by Crippen LogP contribution is -2.13. The van der Waals surface area contributed by atoms with E-state index in [-0.39, 0.29) is 5.84 Å². The van der Waals surface area contributed by atoms with Crippen LogP contribution >= 0.6 is 0 Å². The number of ether oxygens (including phenoxy) is 1. The zero-order valence-electron chi connectivity index (χ0n) is 10.0. The van der Waals surface area contributed by atoms with Crippen LogP contribution < -0.4 is 10.5 Å². The summed E-state index contributed by atoms with van der Waals surface area (Å²) in [7, 11) is 0. The summed E-state index contributed by atoms with van der Waals surface area (Å²) in [5.41, 5.74) is 7.64. The molecule has 0 aliphatic carbocycles. The molecule has 0 aromatic carbocycles. The number of nitrogens with two attached hydrogens (primary N) is 1. The maximum atomic E-state index is 8.65. The number of hydrogen-bond acceptors (Lipinski definition) is 5. The van der Waals surface area contributed by atoms with Gasteiger partial charge in [-0.3, -0.25) is 5.10 Å². The maximum absolute atomic E-state index is 8.65. The van der Waals surface area contributed by atoms with Gasteiger partial charge in [0.25, 0.3) is 0 Å². The first-order chi connectivity index (χ1) is 8.58. The fraction of sp³-hybridized carbons (Fsp3) is 0.182. The third-order valence-electron chi connectivity index (χ3n) is 2.22. The van der Waals surface area contributed by atoms with Crippen LogP contribution in [0.2, 0.25) is 0 Å². The Kier molecular flexibility index (Phi) is 3.13. The lowest BCUT2D eigenvalue weighted by atomic mass is 10.2. The SMILES string of the molecule is Cc1cc(/C(N)=N/O)cc(Oc2cc(C)[nH]n2)n1. The number of aryl methyl sites for hydroxylation is 2. The van der Waals surface area contributed by atoms with Crippen LogP contribution in [0.1, 0.15) is 17.0 Å². The minimum absolute atomic E-state index is 0.00329.